The smallest absolute Gasteiger partial charge is 0.213 e. The van der Waals surface area contributed by atoms with E-state index in [1.54, 1.807) is 18.3 Å². The molecule has 0 spiro atoms. The first-order valence-corrected chi connectivity index (χ1v) is 5.78. The van der Waals surface area contributed by atoms with Crippen LogP contribution in [0.25, 0.3) is 5.57 Å². The molecule has 1 aromatic heterocycles. The van der Waals surface area contributed by atoms with Crippen LogP contribution < -0.4 is 0 Å². The molecule has 0 aliphatic carbocycles. The van der Waals surface area contributed by atoms with Crippen LogP contribution in [0.5, 0.6) is 0 Å². The van der Waals surface area contributed by atoms with Crippen LogP contribution in [0.1, 0.15) is 25.6 Å². The first-order valence-electron chi connectivity index (χ1n) is 4.90. The number of azo groups is 1. The summed E-state index contributed by atoms with van der Waals surface area (Å²) in [4.78, 5) is 12.4. The number of ketones is 1. The topological polar surface area (TPSA) is 55.5 Å². The lowest BCUT2D eigenvalue weighted by atomic mass is 10.2. The molecule has 0 fully saturated rings. The number of Topliss-reactive ketones (excluding diaryl/α,β-unsaturated/α-hetero) is 1. The van der Waals surface area contributed by atoms with E-state index in [2.05, 4.69) is 5.11 Å². The largest absolute Gasteiger partial charge is 0.595 e. The van der Waals surface area contributed by atoms with Gasteiger partial charge in [-0.05, 0) is 37.3 Å². The van der Waals surface area contributed by atoms with Crippen molar-refractivity contribution in [2.24, 2.45) is 5.11 Å². The Morgan fingerprint density at radius 3 is 2.81 bits per heavy atom. The Balaban J connectivity index is 2.80. The predicted octanol–water partition coefficient (Wildman–Crippen LogP) is 3.05. The summed E-state index contributed by atoms with van der Waals surface area (Å²) in [7, 11) is 0. The summed E-state index contributed by atoms with van der Waals surface area (Å²) in [6.07, 6.45) is 1.38. The van der Waals surface area contributed by atoms with Crippen LogP contribution in [-0.4, -0.2) is 16.7 Å². The van der Waals surface area contributed by atoms with E-state index in [-0.39, 0.29) is 5.78 Å². The summed E-state index contributed by atoms with van der Waals surface area (Å²) in [6, 6.07) is 3.26. The summed E-state index contributed by atoms with van der Waals surface area (Å²) in [5, 5.41) is 17.0. The summed E-state index contributed by atoms with van der Waals surface area (Å²) < 4.78 is 0. The number of thiophene rings is 1. The van der Waals surface area contributed by atoms with Crippen LogP contribution in [0.3, 0.4) is 0 Å². The zero-order valence-corrected chi connectivity index (χ0v) is 10.3. The van der Waals surface area contributed by atoms with Crippen molar-refractivity contribution >= 4 is 22.7 Å². The Morgan fingerprint density at radius 1 is 1.62 bits per heavy atom. The van der Waals surface area contributed by atoms with Crippen LogP contribution in [0.15, 0.2) is 28.8 Å². The second-order valence-electron chi connectivity index (χ2n) is 3.49. The molecule has 0 saturated heterocycles. The van der Waals surface area contributed by atoms with E-state index >= 15 is 0 Å². The van der Waals surface area contributed by atoms with Gasteiger partial charge in [-0.3, -0.25) is 4.79 Å². The SMILES string of the molecule is CC(=O)[C@H](C)N=[N+]([O-])/C=C(\C)c1cccs1. The third kappa shape index (κ3) is 3.58. The molecule has 16 heavy (non-hydrogen) atoms. The number of hydrogen-bond acceptors (Lipinski definition) is 4. The maximum atomic E-state index is 11.4. The zero-order valence-electron chi connectivity index (χ0n) is 9.51. The summed E-state index contributed by atoms with van der Waals surface area (Å²) >= 11 is 1.56. The molecule has 0 aliphatic rings. The molecule has 0 amide bonds. The third-order valence-corrected chi connectivity index (χ3v) is 3.09. The van der Waals surface area contributed by atoms with E-state index in [9.17, 15) is 10.0 Å². The Morgan fingerprint density at radius 2 is 2.31 bits per heavy atom. The molecular weight excluding hydrogens is 224 g/mol. The van der Waals surface area contributed by atoms with E-state index in [1.807, 2.05) is 24.4 Å². The lowest BCUT2D eigenvalue weighted by molar-refractivity contribution is -0.460. The first kappa shape index (κ1) is 12.6. The molecule has 0 unspecified atom stereocenters. The van der Waals surface area contributed by atoms with Crippen LogP contribution in [-0.2, 0) is 4.79 Å². The lowest BCUT2D eigenvalue weighted by Crippen LogP contribution is -2.12. The van der Waals surface area contributed by atoms with Crippen molar-refractivity contribution in [3.05, 3.63) is 33.8 Å². The van der Waals surface area contributed by atoms with Crippen molar-refractivity contribution in [2.75, 3.05) is 0 Å². The van der Waals surface area contributed by atoms with Gasteiger partial charge in [-0.2, -0.15) is 0 Å². The Hall–Kier alpha value is -1.49. The van der Waals surface area contributed by atoms with E-state index in [1.165, 1.54) is 13.1 Å². The van der Waals surface area contributed by atoms with Crippen LogP contribution in [0.2, 0.25) is 0 Å². The van der Waals surface area contributed by atoms with Crippen molar-refractivity contribution < 1.29 is 9.66 Å². The number of carbonyl (C=O) groups excluding carboxylic acids is 1. The quantitative estimate of drug-likeness (QED) is 0.460. The molecule has 1 aromatic rings. The Labute approximate surface area is 98.5 Å². The van der Waals surface area contributed by atoms with Gasteiger partial charge in [0.05, 0.1) is 0 Å². The number of carbonyl (C=O) groups is 1. The Kier molecular flexibility index (Phi) is 4.37. The molecule has 86 valence electrons. The fourth-order valence-corrected chi connectivity index (χ4v) is 1.72. The van der Waals surface area contributed by atoms with Crippen molar-refractivity contribution in [1.29, 1.82) is 0 Å². The number of allylic oxidation sites excluding steroid dienone is 1. The minimum atomic E-state index is -0.593. The van der Waals surface area contributed by atoms with Gasteiger partial charge in [0.15, 0.2) is 11.8 Å². The number of nitrogens with zero attached hydrogens (tertiary/aromatic N) is 2. The molecule has 4 nitrogen and oxygen atoms in total. The van der Waals surface area contributed by atoms with E-state index in [4.69, 9.17) is 0 Å². The van der Waals surface area contributed by atoms with E-state index in [0.717, 1.165) is 10.5 Å². The first-order chi connectivity index (χ1) is 7.50. The molecular formula is C11H14N2O2S. The van der Waals surface area contributed by atoms with E-state index in [0.29, 0.717) is 4.86 Å². The molecule has 0 radical (unpaired) electrons. The second-order valence-corrected chi connectivity index (χ2v) is 4.44. The highest BCUT2D eigenvalue weighted by molar-refractivity contribution is 7.11. The molecule has 1 atom stereocenters. The maximum absolute atomic E-state index is 11.4. The number of hydrogen-bond donors (Lipinski definition) is 0. The predicted molar refractivity (Wildman–Crippen MR) is 64.2 cm³/mol. The number of hydroxylamine groups is 1. The Bertz CT molecular complexity index is 421. The zero-order chi connectivity index (χ0) is 12.1. The summed E-state index contributed by atoms with van der Waals surface area (Å²) in [5.41, 5.74) is 0.838. The maximum Gasteiger partial charge on any atom is 0.213 e. The van der Waals surface area contributed by atoms with Gasteiger partial charge in [-0.1, -0.05) is 10.9 Å². The van der Waals surface area contributed by atoms with Gasteiger partial charge in [0.25, 0.3) is 0 Å². The van der Waals surface area contributed by atoms with Crippen molar-refractivity contribution in [3.8, 4) is 0 Å². The molecule has 1 rings (SSSR count). The molecule has 0 bridgehead atoms. The average Bonchev–Trinajstić information content (AvgIpc) is 2.69. The van der Waals surface area contributed by atoms with Crippen LogP contribution in [0.4, 0.5) is 0 Å². The fourth-order valence-electron chi connectivity index (χ4n) is 1.02. The van der Waals surface area contributed by atoms with Crippen LogP contribution >= 0.6 is 11.3 Å². The second kappa shape index (κ2) is 5.55. The van der Waals surface area contributed by atoms with Crippen molar-refractivity contribution in [2.45, 2.75) is 26.8 Å². The van der Waals surface area contributed by atoms with Gasteiger partial charge in [-0.15, -0.1) is 11.3 Å². The summed E-state index contributed by atoms with van der Waals surface area (Å²) in [6.45, 7) is 4.85. The molecule has 0 aromatic carbocycles. The van der Waals surface area contributed by atoms with E-state index < -0.39 is 6.04 Å². The highest BCUT2D eigenvalue weighted by Crippen LogP contribution is 2.19. The highest BCUT2D eigenvalue weighted by atomic mass is 32.1. The van der Waals surface area contributed by atoms with Gasteiger partial charge in [0.1, 0.15) is 0 Å². The van der Waals surface area contributed by atoms with Gasteiger partial charge >= 0.3 is 0 Å². The lowest BCUT2D eigenvalue weighted by Gasteiger charge is -2.00. The molecule has 1 heterocycles. The monoisotopic (exact) mass is 238 g/mol. The molecule has 0 N–H and O–H groups in total. The minimum absolute atomic E-state index is 0.122. The van der Waals surface area contributed by atoms with Gasteiger partial charge < -0.3 is 5.21 Å². The average molecular weight is 238 g/mol. The van der Waals surface area contributed by atoms with Gasteiger partial charge in [0.2, 0.25) is 6.20 Å². The van der Waals surface area contributed by atoms with Gasteiger partial charge in [-0.25, -0.2) is 0 Å². The van der Waals surface area contributed by atoms with Crippen molar-refractivity contribution in [3.63, 3.8) is 0 Å². The molecule has 5 heteroatoms. The highest BCUT2D eigenvalue weighted by Gasteiger charge is 2.09. The van der Waals surface area contributed by atoms with Crippen LogP contribution in [0, 0.1) is 5.21 Å². The molecule has 0 aliphatic heterocycles. The normalized spacial score (nSPS) is 14.9. The van der Waals surface area contributed by atoms with Gasteiger partial charge in [0, 0.05) is 10.5 Å². The minimum Gasteiger partial charge on any atom is -0.595 e. The number of rotatable bonds is 4. The third-order valence-electron chi connectivity index (χ3n) is 2.09. The summed E-state index contributed by atoms with van der Waals surface area (Å²) in [5.74, 6) is -0.122. The van der Waals surface area contributed by atoms with Crippen molar-refractivity contribution in [1.82, 2.24) is 0 Å². The standard InChI is InChI=1S/C11H14N2O2S/c1-8(11-5-4-6-16-11)7-13(15)12-9(2)10(3)14/h4-7,9H,1-3H3/b8-7+,13-12?/t9-/m0/s1. The molecule has 0 saturated carbocycles. The fraction of sp³-hybridized carbons (Fsp3) is 0.364.